The van der Waals surface area contributed by atoms with Gasteiger partial charge >= 0.3 is 5.97 Å². The second-order valence-corrected chi connectivity index (χ2v) is 8.02. The number of aromatic amines is 1. The zero-order valence-electron chi connectivity index (χ0n) is 17.8. The maximum Gasteiger partial charge on any atom is 0.328 e. The van der Waals surface area contributed by atoms with Crippen molar-refractivity contribution in [3.63, 3.8) is 0 Å². The maximum atomic E-state index is 12.8. The molecule has 13 nitrogen and oxygen atoms in total. The van der Waals surface area contributed by atoms with E-state index in [1.165, 1.54) is 31.2 Å². The van der Waals surface area contributed by atoms with Gasteiger partial charge in [0.05, 0.1) is 25.1 Å². The molecule has 1 heterocycles. The highest BCUT2D eigenvalue weighted by Crippen LogP contribution is 2.05. The number of carbonyl (C=O) groups is 4. The third kappa shape index (κ3) is 8.82. The highest BCUT2D eigenvalue weighted by Gasteiger charge is 2.32. The van der Waals surface area contributed by atoms with E-state index in [2.05, 4.69) is 20.6 Å². The summed E-state index contributed by atoms with van der Waals surface area (Å²) in [6, 6.07) is -5.13. The standard InChI is InChI=1S/C18H30N6O7S/c1-9(26)14(17(29)23-13(7-25)18(30)31)24-16(28)12(3-4-32-2)22-15(27)11(19)5-10-6-20-8-21-10/h6,8-9,11-14,25-26H,3-5,7,19H2,1-2H3,(H,20,21)(H,22,27)(H,23,29)(H,24,28)(H,30,31). The summed E-state index contributed by atoms with van der Waals surface area (Å²) < 4.78 is 0. The molecule has 5 atom stereocenters. The van der Waals surface area contributed by atoms with Crippen molar-refractivity contribution >= 4 is 35.5 Å². The van der Waals surface area contributed by atoms with Crippen LogP contribution in [0.3, 0.4) is 0 Å². The molecule has 0 aliphatic carbocycles. The molecule has 0 saturated heterocycles. The first-order chi connectivity index (χ1) is 15.1. The molecule has 180 valence electrons. The van der Waals surface area contributed by atoms with E-state index >= 15 is 0 Å². The number of carbonyl (C=O) groups excluding carboxylic acids is 3. The number of hydrogen-bond donors (Lipinski definition) is 8. The molecule has 14 heteroatoms. The van der Waals surface area contributed by atoms with E-state index in [0.717, 1.165) is 0 Å². The predicted octanol–water partition coefficient (Wildman–Crippen LogP) is -3.06. The second kappa shape index (κ2) is 13.7. The van der Waals surface area contributed by atoms with Gasteiger partial charge in [-0.1, -0.05) is 0 Å². The number of carboxylic acids is 1. The van der Waals surface area contributed by atoms with Crippen LogP contribution in [-0.4, -0.2) is 97.9 Å². The zero-order chi connectivity index (χ0) is 24.3. The number of nitrogens with one attached hydrogen (secondary N) is 4. The molecule has 0 aromatic carbocycles. The molecule has 1 aromatic rings. The highest BCUT2D eigenvalue weighted by molar-refractivity contribution is 7.98. The van der Waals surface area contributed by atoms with Crippen molar-refractivity contribution < 1.29 is 34.5 Å². The van der Waals surface area contributed by atoms with E-state index in [1.54, 1.807) is 0 Å². The topological polar surface area (TPSA) is 220 Å². The number of aliphatic carboxylic acids is 1. The molecule has 3 amide bonds. The van der Waals surface area contributed by atoms with Crippen molar-refractivity contribution in [2.75, 3.05) is 18.6 Å². The van der Waals surface area contributed by atoms with E-state index in [4.69, 9.17) is 15.9 Å². The highest BCUT2D eigenvalue weighted by atomic mass is 32.2. The van der Waals surface area contributed by atoms with Gasteiger partial charge < -0.3 is 42.0 Å². The summed E-state index contributed by atoms with van der Waals surface area (Å²) in [6.07, 6.45) is 3.78. The summed E-state index contributed by atoms with van der Waals surface area (Å²) >= 11 is 1.44. The van der Waals surface area contributed by atoms with Crippen molar-refractivity contribution in [3.05, 3.63) is 18.2 Å². The average molecular weight is 475 g/mol. The molecular formula is C18H30N6O7S. The van der Waals surface area contributed by atoms with Crippen molar-refractivity contribution in [1.82, 2.24) is 25.9 Å². The molecule has 0 radical (unpaired) electrons. The van der Waals surface area contributed by atoms with Gasteiger partial charge in [-0.25, -0.2) is 9.78 Å². The number of imidazole rings is 1. The number of carboxylic acid groups (broad SMARTS) is 1. The van der Waals surface area contributed by atoms with E-state index in [-0.39, 0.29) is 12.8 Å². The lowest BCUT2D eigenvalue weighted by atomic mass is 10.1. The summed E-state index contributed by atoms with van der Waals surface area (Å²) in [4.78, 5) is 55.3. The monoisotopic (exact) mass is 474 g/mol. The second-order valence-electron chi connectivity index (χ2n) is 7.04. The van der Waals surface area contributed by atoms with E-state index in [1.807, 2.05) is 11.6 Å². The molecule has 1 aromatic heterocycles. The number of aromatic nitrogens is 2. The number of hydrogen-bond acceptors (Lipinski definition) is 9. The molecule has 0 saturated carbocycles. The Morgan fingerprint density at radius 1 is 1.16 bits per heavy atom. The molecule has 32 heavy (non-hydrogen) atoms. The van der Waals surface area contributed by atoms with Crippen LogP contribution in [0.2, 0.25) is 0 Å². The minimum absolute atomic E-state index is 0.166. The number of aliphatic hydroxyl groups is 2. The lowest BCUT2D eigenvalue weighted by molar-refractivity contribution is -0.144. The summed E-state index contributed by atoms with van der Waals surface area (Å²) in [5.74, 6) is -3.32. The predicted molar refractivity (Wildman–Crippen MR) is 115 cm³/mol. The summed E-state index contributed by atoms with van der Waals surface area (Å²) in [6.45, 7) is 0.358. The number of thioether (sulfide) groups is 1. The van der Waals surface area contributed by atoms with Crippen LogP contribution in [-0.2, 0) is 25.6 Å². The SMILES string of the molecule is CSCCC(NC(=O)C(N)Cc1cnc[nH]1)C(=O)NC(C(=O)NC(CO)C(=O)O)C(C)O. The molecule has 0 aliphatic heterocycles. The Balaban J connectivity index is 2.85. The molecular weight excluding hydrogens is 444 g/mol. The number of aliphatic hydroxyl groups excluding tert-OH is 2. The molecule has 0 spiro atoms. The van der Waals surface area contributed by atoms with Gasteiger partial charge in [-0.15, -0.1) is 0 Å². The van der Waals surface area contributed by atoms with Gasteiger partial charge in [0.1, 0.15) is 18.1 Å². The summed E-state index contributed by atoms with van der Waals surface area (Å²) in [5, 5.41) is 34.9. The van der Waals surface area contributed by atoms with Crippen molar-refractivity contribution in [1.29, 1.82) is 0 Å². The van der Waals surface area contributed by atoms with Crippen molar-refractivity contribution in [3.8, 4) is 0 Å². The molecule has 0 aliphatic rings. The third-order valence-corrected chi connectivity index (χ3v) is 5.08. The van der Waals surface area contributed by atoms with Crippen LogP contribution in [0, 0.1) is 0 Å². The fourth-order valence-electron chi connectivity index (χ4n) is 2.62. The Morgan fingerprint density at radius 3 is 2.31 bits per heavy atom. The van der Waals surface area contributed by atoms with Gasteiger partial charge in [-0.2, -0.15) is 11.8 Å². The first-order valence-corrected chi connectivity index (χ1v) is 11.1. The van der Waals surface area contributed by atoms with Crippen molar-refractivity contribution in [2.45, 2.75) is 50.0 Å². The Morgan fingerprint density at radius 2 is 1.81 bits per heavy atom. The van der Waals surface area contributed by atoms with Crippen LogP contribution in [0.15, 0.2) is 12.5 Å². The Kier molecular flexibility index (Phi) is 11.7. The Bertz CT molecular complexity index is 761. The largest absolute Gasteiger partial charge is 0.480 e. The summed E-state index contributed by atoms with van der Waals surface area (Å²) in [5.41, 5.74) is 6.54. The zero-order valence-corrected chi connectivity index (χ0v) is 18.6. The quantitative estimate of drug-likeness (QED) is 0.136. The lowest BCUT2D eigenvalue weighted by Crippen LogP contribution is -2.60. The molecule has 9 N–H and O–H groups in total. The van der Waals surface area contributed by atoms with Gasteiger partial charge in [0, 0.05) is 18.3 Å². The molecule has 1 rings (SSSR count). The van der Waals surface area contributed by atoms with Crippen molar-refractivity contribution in [2.24, 2.45) is 5.73 Å². The third-order valence-electron chi connectivity index (χ3n) is 4.43. The minimum atomic E-state index is -1.60. The molecule has 0 fully saturated rings. The van der Waals surface area contributed by atoms with Gasteiger partial charge in [0.2, 0.25) is 17.7 Å². The maximum absolute atomic E-state index is 12.8. The Hall–Kier alpha value is -2.68. The first-order valence-electron chi connectivity index (χ1n) is 9.75. The normalized spacial score (nSPS) is 15.7. The Labute approximate surface area is 188 Å². The van der Waals surface area contributed by atoms with Crippen LogP contribution >= 0.6 is 11.8 Å². The van der Waals surface area contributed by atoms with Crippen LogP contribution in [0.4, 0.5) is 0 Å². The number of H-pyrrole nitrogens is 1. The number of nitrogens with two attached hydrogens (primary N) is 1. The molecule has 5 unspecified atom stereocenters. The molecule has 0 bridgehead atoms. The minimum Gasteiger partial charge on any atom is -0.480 e. The van der Waals surface area contributed by atoms with Gasteiger partial charge in [-0.05, 0) is 25.4 Å². The van der Waals surface area contributed by atoms with Gasteiger partial charge in [0.25, 0.3) is 0 Å². The van der Waals surface area contributed by atoms with Gasteiger partial charge in [-0.3, -0.25) is 14.4 Å². The van der Waals surface area contributed by atoms with Gasteiger partial charge in [0.15, 0.2) is 0 Å². The number of rotatable bonds is 14. The average Bonchev–Trinajstić information content (AvgIpc) is 3.24. The van der Waals surface area contributed by atoms with Crippen LogP contribution < -0.4 is 21.7 Å². The fourth-order valence-corrected chi connectivity index (χ4v) is 3.09. The van der Waals surface area contributed by atoms with Crippen LogP contribution in [0.5, 0.6) is 0 Å². The van der Waals surface area contributed by atoms with E-state index in [0.29, 0.717) is 11.4 Å². The smallest absolute Gasteiger partial charge is 0.328 e. The van der Waals surface area contributed by atoms with Crippen LogP contribution in [0.1, 0.15) is 19.0 Å². The first kappa shape index (κ1) is 27.4. The lowest BCUT2D eigenvalue weighted by Gasteiger charge is -2.26. The van der Waals surface area contributed by atoms with E-state index in [9.17, 15) is 24.3 Å². The fraction of sp³-hybridized carbons (Fsp3) is 0.611. The summed E-state index contributed by atoms with van der Waals surface area (Å²) in [7, 11) is 0. The number of nitrogens with zero attached hydrogens (tertiary/aromatic N) is 1. The van der Waals surface area contributed by atoms with E-state index < -0.39 is 60.6 Å². The number of amides is 3. The van der Waals surface area contributed by atoms with Crippen LogP contribution in [0.25, 0.3) is 0 Å².